The van der Waals surface area contributed by atoms with Crippen LogP contribution in [0.2, 0.25) is 5.02 Å². The number of aromatic nitrogens is 2. The van der Waals surface area contributed by atoms with Gasteiger partial charge in [0.05, 0.1) is 22.6 Å². The van der Waals surface area contributed by atoms with E-state index >= 15 is 0 Å². The largest absolute Gasteiger partial charge is 0.354 e. The molecule has 1 saturated heterocycles. The maximum atomic E-state index is 13.1. The molecule has 3 nitrogen and oxygen atoms in total. The van der Waals surface area contributed by atoms with Crippen LogP contribution in [-0.2, 0) is 0 Å². The molecule has 1 aliphatic heterocycles. The topological polar surface area (TPSA) is 29.0 Å². The van der Waals surface area contributed by atoms with Crippen molar-refractivity contribution in [2.45, 2.75) is 12.3 Å². The Balaban J connectivity index is 1.62. The second kappa shape index (κ2) is 3.33. The number of hydrogen-bond donors (Lipinski definition) is 0. The van der Waals surface area contributed by atoms with Gasteiger partial charge in [-0.05, 0) is 18.2 Å². The van der Waals surface area contributed by atoms with Crippen molar-refractivity contribution in [1.82, 2.24) is 9.97 Å². The lowest BCUT2D eigenvalue weighted by Gasteiger charge is -2.40. The molecule has 1 spiro atoms. The summed E-state index contributed by atoms with van der Waals surface area (Å²) in [4.78, 5) is 10.6. The first-order valence-electron chi connectivity index (χ1n) is 6.04. The van der Waals surface area contributed by atoms with Crippen LogP contribution in [0.3, 0.4) is 0 Å². The van der Waals surface area contributed by atoms with Gasteiger partial charge in [-0.25, -0.2) is 13.8 Å². The molecule has 4 rings (SSSR count). The first kappa shape index (κ1) is 11.3. The molecule has 0 atom stereocenters. The van der Waals surface area contributed by atoms with Gasteiger partial charge in [-0.1, -0.05) is 11.6 Å². The molecule has 2 aliphatic rings. The SMILES string of the molecule is FC1(F)CC12CN(c1cnc3cc(Cl)ccc3n1)C2. The molecule has 2 aromatic rings. The van der Waals surface area contributed by atoms with Crippen LogP contribution < -0.4 is 4.90 Å². The van der Waals surface area contributed by atoms with E-state index in [1.807, 2.05) is 4.90 Å². The highest BCUT2D eigenvalue weighted by Crippen LogP contribution is 2.65. The molecule has 0 unspecified atom stereocenters. The van der Waals surface area contributed by atoms with E-state index in [0.29, 0.717) is 29.4 Å². The average molecular weight is 282 g/mol. The second-order valence-corrected chi connectivity index (χ2v) is 5.82. The number of fused-ring (bicyclic) bond motifs is 1. The molecule has 0 amide bonds. The van der Waals surface area contributed by atoms with Gasteiger partial charge >= 0.3 is 0 Å². The molecule has 1 saturated carbocycles. The number of alkyl halides is 2. The third-order valence-corrected chi connectivity index (χ3v) is 4.25. The molecule has 6 heteroatoms. The van der Waals surface area contributed by atoms with Gasteiger partial charge in [0, 0.05) is 24.5 Å². The van der Waals surface area contributed by atoms with E-state index in [1.165, 1.54) is 0 Å². The zero-order valence-electron chi connectivity index (χ0n) is 9.91. The predicted octanol–water partition coefficient (Wildman–Crippen LogP) is 3.13. The van der Waals surface area contributed by atoms with Crippen LogP contribution >= 0.6 is 11.6 Å². The Morgan fingerprint density at radius 3 is 2.63 bits per heavy atom. The molecule has 1 aromatic carbocycles. The molecule has 2 fully saturated rings. The first-order chi connectivity index (χ1) is 8.99. The van der Waals surface area contributed by atoms with Gasteiger partial charge in [-0.3, -0.25) is 4.98 Å². The van der Waals surface area contributed by atoms with Crippen molar-refractivity contribution < 1.29 is 8.78 Å². The normalized spacial score (nSPS) is 22.6. The molecule has 1 aromatic heterocycles. The molecule has 19 heavy (non-hydrogen) atoms. The zero-order valence-corrected chi connectivity index (χ0v) is 10.7. The van der Waals surface area contributed by atoms with Gasteiger partial charge in [0.2, 0.25) is 0 Å². The number of anilines is 1. The number of halogens is 3. The zero-order chi connectivity index (χ0) is 13.3. The van der Waals surface area contributed by atoms with Gasteiger partial charge < -0.3 is 4.90 Å². The predicted molar refractivity (Wildman–Crippen MR) is 68.8 cm³/mol. The minimum Gasteiger partial charge on any atom is -0.354 e. The fraction of sp³-hybridized carbons (Fsp3) is 0.385. The number of hydrogen-bond acceptors (Lipinski definition) is 3. The van der Waals surface area contributed by atoms with E-state index < -0.39 is 11.3 Å². The van der Waals surface area contributed by atoms with Gasteiger partial charge in [-0.2, -0.15) is 0 Å². The summed E-state index contributed by atoms with van der Waals surface area (Å²) in [5, 5.41) is 0.607. The summed E-state index contributed by atoms with van der Waals surface area (Å²) in [6.45, 7) is 0.738. The molecule has 0 N–H and O–H groups in total. The number of rotatable bonds is 1. The molecule has 0 radical (unpaired) electrons. The Morgan fingerprint density at radius 2 is 1.95 bits per heavy atom. The van der Waals surface area contributed by atoms with Crippen molar-refractivity contribution in [2.24, 2.45) is 5.41 Å². The third-order valence-electron chi connectivity index (χ3n) is 4.01. The highest BCUT2D eigenvalue weighted by molar-refractivity contribution is 6.31. The van der Waals surface area contributed by atoms with Crippen molar-refractivity contribution in [2.75, 3.05) is 18.0 Å². The molecule has 98 valence electrons. The quantitative estimate of drug-likeness (QED) is 0.804. The highest BCUT2D eigenvalue weighted by Gasteiger charge is 2.76. The summed E-state index contributed by atoms with van der Waals surface area (Å²) in [5.41, 5.74) is 0.650. The maximum Gasteiger partial charge on any atom is 0.258 e. The lowest BCUT2D eigenvalue weighted by molar-refractivity contribution is 0.0518. The van der Waals surface area contributed by atoms with Crippen molar-refractivity contribution in [3.63, 3.8) is 0 Å². The van der Waals surface area contributed by atoms with E-state index in [9.17, 15) is 8.78 Å². The van der Waals surface area contributed by atoms with Crippen molar-refractivity contribution in [1.29, 1.82) is 0 Å². The van der Waals surface area contributed by atoms with Gasteiger partial charge in [0.1, 0.15) is 5.82 Å². The van der Waals surface area contributed by atoms with Crippen LogP contribution in [0.4, 0.5) is 14.6 Å². The molecule has 2 heterocycles. The highest BCUT2D eigenvalue weighted by atomic mass is 35.5. The van der Waals surface area contributed by atoms with E-state index in [-0.39, 0.29) is 6.42 Å². The smallest absolute Gasteiger partial charge is 0.258 e. The van der Waals surface area contributed by atoms with Crippen molar-refractivity contribution in [3.8, 4) is 0 Å². The van der Waals surface area contributed by atoms with Gasteiger partial charge in [-0.15, -0.1) is 0 Å². The van der Waals surface area contributed by atoms with Crippen LogP contribution in [0.5, 0.6) is 0 Å². The fourth-order valence-electron chi connectivity index (χ4n) is 2.70. The maximum absolute atomic E-state index is 13.1. The summed E-state index contributed by atoms with van der Waals surface area (Å²) in [6, 6.07) is 5.27. The third kappa shape index (κ3) is 1.54. The minimum absolute atomic E-state index is 0.00706. The lowest BCUT2D eigenvalue weighted by atomic mass is 9.96. The first-order valence-corrected chi connectivity index (χ1v) is 6.42. The van der Waals surface area contributed by atoms with Crippen molar-refractivity contribution in [3.05, 3.63) is 29.4 Å². The summed E-state index contributed by atoms with van der Waals surface area (Å²) < 4.78 is 26.3. The van der Waals surface area contributed by atoms with Crippen LogP contribution in [0.15, 0.2) is 24.4 Å². The Hall–Kier alpha value is -1.49. The standard InChI is InChI=1S/C13H10ClF2N3/c14-8-1-2-9-10(3-8)17-4-11(18-9)19-6-12(7-19)5-13(12,15)16/h1-4H,5-7H2. The van der Waals surface area contributed by atoms with Gasteiger partial charge in [0.15, 0.2) is 0 Å². The second-order valence-electron chi connectivity index (χ2n) is 5.38. The van der Waals surface area contributed by atoms with Crippen molar-refractivity contribution >= 4 is 28.5 Å². The molecular formula is C13H10ClF2N3. The Labute approximate surface area is 113 Å². The summed E-state index contributed by atoms with van der Waals surface area (Å²) >= 11 is 5.87. The Morgan fingerprint density at radius 1 is 1.21 bits per heavy atom. The Bertz CT molecular complexity index is 683. The molecule has 1 aliphatic carbocycles. The Kier molecular flexibility index (Phi) is 1.99. The summed E-state index contributed by atoms with van der Waals surface area (Å²) in [7, 11) is 0. The molecular weight excluding hydrogens is 272 g/mol. The van der Waals surface area contributed by atoms with E-state index in [2.05, 4.69) is 9.97 Å². The molecule has 0 bridgehead atoms. The average Bonchev–Trinajstić information content (AvgIpc) is 2.90. The van der Waals surface area contributed by atoms with Crippen LogP contribution in [0, 0.1) is 5.41 Å². The number of nitrogens with zero attached hydrogens (tertiary/aromatic N) is 3. The summed E-state index contributed by atoms with van der Waals surface area (Å²) in [6.07, 6.45) is 1.62. The number of benzene rings is 1. The van der Waals surface area contributed by atoms with E-state index in [1.54, 1.807) is 24.4 Å². The fourth-order valence-corrected chi connectivity index (χ4v) is 2.86. The van der Waals surface area contributed by atoms with E-state index in [0.717, 1.165) is 5.52 Å². The van der Waals surface area contributed by atoms with Crippen LogP contribution in [-0.4, -0.2) is 29.0 Å². The van der Waals surface area contributed by atoms with Crippen LogP contribution in [0.1, 0.15) is 6.42 Å². The lowest BCUT2D eigenvalue weighted by Crippen LogP contribution is -2.51. The monoisotopic (exact) mass is 281 g/mol. The summed E-state index contributed by atoms with van der Waals surface area (Å²) in [5.74, 6) is -1.83. The minimum atomic E-state index is -2.48. The van der Waals surface area contributed by atoms with E-state index in [4.69, 9.17) is 11.6 Å². The van der Waals surface area contributed by atoms with Crippen LogP contribution in [0.25, 0.3) is 11.0 Å². The van der Waals surface area contributed by atoms with Gasteiger partial charge in [0.25, 0.3) is 5.92 Å².